The van der Waals surface area contributed by atoms with E-state index in [1.807, 2.05) is 30.3 Å². The quantitative estimate of drug-likeness (QED) is 0.453. The first-order chi connectivity index (χ1) is 10.7. The summed E-state index contributed by atoms with van der Waals surface area (Å²) in [6.07, 6.45) is 0. The third-order valence-corrected chi connectivity index (χ3v) is 6.04. The minimum atomic E-state index is -1.04. The molecule has 22 heavy (non-hydrogen) atoms. The first-order valence-electron chi connectivity index (χ1n) is 6.84. The Morgan fingerprint density at radius 3 is 1.77 bits per heavy atom. The minimum Gasteiger partial charge on any atom is -0.455 e. The zero-order chi connectivity index (χ0) is 15.1. The molecule has 0 fully saturated rings. The first-order valence-corrected chi connectivity index (χ1v) is 8.19. The second-order valence-corrected chi connectivity index (χ2v) is 7.15. The van der Waals surface area contributed by atoms with Crippen LogP contribution in [0.1, 0.15) is 0 Å². The number of ether oxygens (including phenoxy) is 1. The van der Waals surface area contributed by atoms with Gasteiger partial charge in [0.05, 0.1) is 0 Å². The molecular weight excluding hydrogens is 302 g/mol. The molecule has 110 valence electrons. The molecular formula is C18H12F2OS. The molecule has 4 rings (SSSR count). The van der Waals surface area contributed by atoms with Gasteiger partial charge in [0.1, 0.15) is 23.1 Å². The summed E-state index contributed by atoms with van der Waals surface area (Å²) in [5.74, 6) is 0.641. The summed E-state index contributed by atoms with van der Waals surface area (Å²) in [5, 5.41) is 0. The highest BCUT2D eigenvalue weighted by molar-refractivity contribution is 8.17. The lowest BCUT2D eigenvalue weighted by molar-refractivity contribution is 0.448. The van der Waals surface area contributed by atoms with Crippen molar-refractivity contribution in [2.45, 2.75) is 14.7 Å². The molecule has 4 heteroatoms. The molecule has 1 heterocycles. The fraction of sp³-hybridized carbons (Fsp3) is 0. The van der Waals surface area contributed by atoms with Gasteiger partial charge in [-0.15, -0.1) is 0 Å². The maximum Gasteiger partial charge on any atom is 0.140 e. The standard InChI is InChI=1S/C18H12F2OS/c19-12-6-8-15-17(10-12)22(14-4-2-1-3-5-14)18-11-13(20)7-9-16(18)21-15/h1-11,22H. The second kappa shape index (κ2) is 5.14. The van der Waals surface area contributed by atoms with Crippen LogP contribution in [0.2, 0.25) is 0 Å². The molecule has 0 radical (unpaired) electrons. The van der Waals surface area contributed by atoms with E-state index in [4.69, 9.17) is 4.74 Å². The summed E-state index contributed by atoms with van der Waals surface area (Å²) in [4.78, 5) is 2.60. The molecule has 0 saturated carbocycles. The normalized spacial score (nSPS) is 14.0. The van der Waals surface area contributed by atoms with Gasteiger partial charge in [-0.1, -0.05) is 18.2 Å². The number of benzene rings is 3. The number of rotatable bonds is 1. The van der Waals surface area contributed by atoms with E-state index < -0.39 is 10.9 Å². The Bertz CT molecular complexity index is 797. The Morgan fingerprint density at radius 1 is 0.682 bits per heavy atom. The van der Waals surface area contributed by atoms with E-state index in [1.54, 1.807) is 12.1 Å². The largest absolute Gasteiger partial charge is 0.455 e. The van der Waals surface area contributed by atoms with Crippen molar-refractivity contribution in [2.75, 3.05) is 0 Å². The monoisotopic (exact) mass is 314 g/mol. The molecule has 3 aromatic rings. The lowest BCUT2D eigenvalue weighted by Crippen LogP contribution is -2.02. The molecule has 0 amide bonds. The van der Waals surface area contributed by atoms with Gasteiger partial charge in [-0.05, 0) is 53.4 Å². The van der Waals surface area contributed by atoms with Crippen LogP contribution in [0.25, 0.3) is 0 Å². The lowest BCUT2D eigenvalue weighted by Gasteiger charge is -2.31. The predicted octanol–water partition coefficient (Wildman–Crippen LogP) is 5.55. The summed E-state index contributed by atoms with van der Waals surface area (Å²) in [6, 6.07) is 18.8. The smallest absolute Gasteiger partial charge is 0.140 e. The molecule has 1 aliphatic rings. The van der Waals surface area contributed by atoms with E-state index >= 15 is 0 Å². The molecule has 1 nitrogen and oxygen atoms in total. The summed E-state index contributed by atoms with van der Waals surface area (Å²) in [7, 11) is -1.04. The minimum absolute atomic E-state index is 0.314. The first kappa shape index (κ1) is 13.3. The molecule has 0 aromatic heterocycles. The Kier molecular flexibility index (Phi) is 3.12. The van der Waals surface area contributed by atoms with Crippen LogP contribution in [-0.2, 0) is 0 Å². The summed E-state index contributed by atoms with van der Waals surface area (Å²) in [6.45, 7) is 0. The van der Waals surface area contributed by atoms with Crippen molar-refractivity contribution in [1.29, 1.82) is 0 Å². The average Bonchev–Trinajstić information content (AvgIpc) is 2.54. The number of hydrogen-bond acceptors (Lipinski definition) is 1. The van der Waals surface area contributed by atoms with Crippen molar-refractivity contribution in [1.82, 2.24) is 0 Å². The number of halogens is 2. The van der Waals surface area contributed by atoms with E-state index in [1.165, 1.54) is 24.3 Å². The highest BCUT2D eigenvalue weighted by atomic mass is 32.2. The molecule has 0 unspecified atom stereocenters. The van der Waals surface area contributed by atoms with Crippen molar-refractivity contribution in [3.63, 3.8) is 0 Å². The highest BCUT2D eigenvalue weighted by Gasteiger charge is 2.26. The number of hydrogen-bond donors (Lipinski definition) is 1. The summed E-state index contributed by atoms with van der Waals surface area (Å²) >= 11 is 0. The van der Waals surface area contributed by atoms with Gasteiger partial charge in [-0.25, -0.2) is 8.78 Å². The van der Waals surface area contributed by atoms with E-state index in [2.05, 4.69) is 0 Å². The Labute approximate surface area is 129 Å². The second-order valence-electron chi connectivity index (χ2n) is 5.00. The maximum atomic E-state index is 13.7. The molecule has 0 atom stereocenters. The fourth-order valence-electron chi connectivity index (χ4n) is 2.61. The Balaban J connectivity index is 1.99. The van der Waals surface area contributed by atoms with Crippen LogP contribution < -0.4 is 4.74 Å². The van der Waals surface area contributed by atoms with Crippen molar-refractivity contribution in [2.24, 2.45) is 0 Å². The van der Waals surface area contributed by atoms with Crippen LogP contribution in [0, 0.1) is 11.6 Å². The maximum absolute atomic E-state index is 13.7. The van der Waals surface area contributed by atoms with E-state index in [9.17, 15) is 8.78 Å². The van der Waals surface area contributed by atoms with Crippen LogP contribution in [-0.4, -0.2) is 0 Å². The van der Waals surface area contributed by atoms with Gasteiger partial charge in [0.15, 0.2) is 0 Å². The fourth-order valence-corrected chi connectivity index (χ4v) is 5.08. The topological polar surface area (TPSA) is 9.23 Å². The van der Waals surface area contributed by atoms with Gasteiger partial charge in [-0.2, -0.15) is 10.9 Å². The molecule has 0 spiro atoms. The van der Waals surface area contributed by atoms with E-state index in [-0.39, 0.29) is 11.6 Å². The molecule has 0 saturated heterocycles. The van der Waals surface area contributed by atoms with Crippen LogP contribution in [0.5, 0.6) is 11.5 Å². The third kappa shape index (κ3) is 2.16. The third-order valence-electron chi connectivity index (χ3n) is 3.56. The molecule has 1 aliphatic heterocycles. The van der Waals surface area contributed by atoms with Gasteiger partial charge >= 0.3 is 0 Å². The Morgan fingerprint density at radius 2 is 1.23 bits per heavy atom. The lowest BCUT2D eigenvalue weighted by atomic mass is 10.3. The summed E-state index contributed by atoms with van der Waals surface area (Å²) in [5.41, 5.74) is 0. The molecule has 0 aliphatic carbocycles. The summed E-state index contributed by atoms with van der Waals surface area (Å²) < 4.78 is 33.3. The van der Waals surface area contributed by atoms with Gasteiger partial charge in [0.25, 0.3) is 0 Å². The number of thiol groups is 1. The molecule has 3 aromatic carbocycles. The van der Waals surface area contributed by atoms with Crippen molar-refractivity contribution < 1.29 is 13.5 Å². The van der Waals surface area contributed by atoms with Crippen molar-refractivity contribution in [3.05, 3.63) is 78.4 Å². The van der Waals surface area contributed by atoms with Crippen molar-refractivity contribution >= 4 is 10.9 Å². The zero-order valence-corrected chi connectivity index (χ0v) is 12.4. The highest BCUT2D eigenvalue weighted by Crippen LogP contribution is 2.61. The van der Waals surface area contributed by atoms with Gasteiger partial charge in [0.2, 0.25) is 0 Å². The molecule has 0 bridgehead atoms. The van der Waals surface area contributed by atoms with E-state index in [0.717, 1.165) is 14.7 Å². The van der Waals surface area contributed by atoms with Gasteiger partial charge < -0.3 is 4.74 Å². The van der Waals surface area contributed by atoms with Gasteiger partial charge in [0, 0.05) is 9.79 Å². The van der Waals surface area contributed by atoms with Crippen LogP contribution in [0.3, 0.4) is 0 Å². The predicted molar refractivity (Wildman–Crippen MR) is 83.1 cm³/mol. The van der Waals surface area contributed by atoms with Crippen LogP contribution >= 0.6 is 10.9 Å². The average molecular weight is 314 g/mol. The molecule has 0 N–H and O–H groups in total. The zero-order valence-electron chi connectivity index (χ0n) is 11.5. The number of fused-ring (bicyclic) bond motifs is 2. The Hall–Kier alpha value is -2.33. The van der Waals surface area contributed by atoms with E-state index in [0.29, 0.717) is 11.5 Å². The van der Waals surface area contributed by atoms with Crippen LogP contribution in [0.15, 0.2) is 81.4 Å². The van der Waals surface area contributed by atoms with Crippen molar-refractivity contribution in [3.8, 4) is 11.5 Å². The SMILES string of the molecule is Fc1ccc2c(c1)[SH](c1ccccc1)c1cc(F)ccc1O2. The van der Waals surface area contributed by atoms with Gasteiger partial charge in [-0.3, -0.25) is 0 Å². The van der Waals surface area contributed by atoms with Crippen LogP contribution in [0.4, 0.5) is 8.78 Å².